The molecule has 4 nitrogen and oxygen atoms in total. The Kier molecular flexibility index (Phi) is 2.64. The number of ether oxygens (including phenoxy) is 1. The topological polar surface area (TPSA) is 63.6 Å². The molecule has 4 heteroatoms. The molecule has 1 unspecified atom stereocenters. The Morgan fingerprint density at radius 1 is 1.50 bits per heavy atom. The van der Waals surface area contributed by atoms with Crippen LogP contribution in [0.2, 0.25) is 0 Å². The summed E-state index contributed by atoms with van der Waals surface area (Å²) in [7, 11) is 1.54. The second kappa shape index (κ2) is 3.96. The number of carboxylic acid groups (broad SMARTS) is 1. The highest BCUT2D eigenvalue weighted by Crippen LogP contribution is 2.30. The fourth-order valence-corrected chi connectivity index (χ4v) is 2.05. The van der Waals surface area contributed by atoms with E-state index in [9.17, 15) is 9.59 Å². The molecule has 0 radical (unpaired) electrons. The largest absolute Gasteiger partial charge is 0.496 e. The molecule has 1 aromatic carbocycles. The quantitative estimate of drug-likeness (QED) is 0.757. The lowest BCUT2D eigenvalue weighted by Gasteiger charge is -2.22. The molecule has 1 aliphatic rings. The summed E-state index contributed by atoms with van der Waals surface area (Å²) in [6.07, 6.45) is 0.414. The maximum Gasteiger partial charge on any atom is 0.314 e. The van der Waals surface area contributed by atoms with Crippen LogP contribution in [0.5, 0.6) is 5.75 Å². The highest BCUT2D eigenvalue weighted by atomic mass is 16.5. The van der Waals surface area contributed by atoms with Crippen LogP contribution in [-0.4, -0.2) is 24.0 Å². The molecule has 84 valence electrons. The summed E-state index contributed by atoms with van der Waals surface area (Å²) in [5.74, 6) is -1.55. The normalized spacial score (nSPS) is 19.1. The Bertz CT molecular complexity index is 450. The molecule has 0 spiro atoms. The van der Waals surface area contributed by atoms with E-state index in [0.717, 1.165) is 11.1 Å². The van der Waals surface area contributed by atoms with Crippen LogP contribution in [-0.2, 0) is 22.4 Å². The second-order valence-electron chi connectivity index (χ2n) is 3.84. The van der Waals surface area contributed by atoms with Crippen molar-refractivity contribution in [3.63, 3.8) is 0 Å². The van der Waals surface area contributed by atoms with Crippen molar-refractivity contribution in [2.45, 2.75) is 12.8 Å². The van der Waals surface area contributed by atoms with Crippen molar-refractivity contribution in [2.75, 3.05) is 7.11 Å². The molecule has 16 heavy (non-hydrogen) atoms. The van der Waals surface area contributed by atoms with E-state index < -0.39 is 11.9 Å². The van der Waals surface area contributed by atoms with Crippen LogP contribution < -0.4 is 4.74 Å². The maximum atomic E-state index is 11.6. The van der Waals surface area contributed by atoms with Crippen LogP contribution in [0.4, 0.5) is 0 Å². The van der Waals surface area contributed by atoms with Crippen molar-refractivity contribution in [3.8, 4) is 5.75 Å². The third kappa shape index (κ3) is 1.66. The first-order chi connectivity index (χ1) is 7.63. The Hall–Kier alpha value is -1.84. The average Bonchev–Trinajstić information content (AvgIpc) is 2.26. The lowest BCUT2D eigenvalue weighted by Crippen LogP contribution is -2.31. The Labute approximate surface area is 92.8 Å². The van der Waals surface area contributed by atoms with E-state index in [1.54, 1.807) is 13.2 Å². The fourth-order valence-electron chi connectivity index (χ4n) is 2.05. The van der Waals surface area contributed by atoms with Gasteiger partial charge < -0.3 is 9.84 Å². The van der Waals surface area contributed by atoms with Gasteiger partial charge in [-0.3, -0.25) is 9.59 Å². The van der Waals surface area contributed by atoms with Crippen molar-refractivity contribution < 1.29 is 19.4 Å². The van der Waals surface area contributed by atoms with Crippen LogP contribution in [0.3, 0.4) is 0 Å². The molecule has 0 saturated heterocycles. The number of benzene rings is 1. The monoisotopic (exact) mass is 220 g/mol. The van der Waals surface area contributed by atoms with Crippen LogP contribution in [0.1, 0.15) is 11.1 Å². The molecule has 0 aliphatic heterocycles. The Morgan fingerprint density at radius 3 is 2.88 bits per heavy atom. The lowest BCUT2D eigenvalue weighted by molar-refractivity contribution is -0.146. The summed E-state index contributed by atoms with van der Waals surface area (Å²) in [4.78, 5) is 22.5. The molecular formula is C12H12O4. The Balaban J connectivity index is 2.43. The Morgan fingerprint density at radius 2 is 2.25 bits per heavy atom. The molecular weight excluding hydrogens is 208 g/mol. The third-order valence-corrected chi connectivity index (χ3v) is 2.91. The van der Waals surface area contributed by atoms with Crippen molar-refractivity contribution in [1.82, 2.24) is 0 Å². The minimum atomic E-state index is -1.05. The van der Waals surface area contributed by atoms with Gasteiger partial charge in [0, 0.05) is 6.42 Å². The molecule has 1 atom stereocenters. The van der Waals surface area contributed by atoms with Crippen LogP contribution in [0.25, 0.3) is 0 Å². The van der Waals surface area contributed by atoms with Crippen molar-refractivity contribution in [3.05, 3.63) is 29.3 Å². The van der Waals surface area contributed by atoms with Gasteiger partial charge in [0.1, 0.15) is 11.7 Å². The third-order valence-electron chi connectivity index (χ3n) is 2.91. The van der Waals surface area contributed by atoms with Gasteiger partial charge in [-0.05, 0) is 23.6 Å². The first-order valence-electron chi connectivity index (χ1n) is 5.03. The zero-order valence-electron chi connectivity index (χ0n) is 8.90. The number of carbonyl (C=O) groups excluding carboxylic acids is 1. The van der Waals surface area contributed by atoms with Gasteiger partial charge in [-0.25, -0.2) is 0 Å². The maximum absolute atomic E-state index is 11.6. The minimum absolute atomic E-state index is 0.184. The minimum Gasteiger partial charge on any atom is -0.496 e. The number of ketones is 1. The predicted octanol–water partition coefficient (Wildman–Crippen LogP) is 1.06. The van der Waals surface area contributed by atoms with Crippen LogP contribution in [0.15, 0.2) is 18.2 Å². The summed E-state index contributed by atoms with van der Waals surface area (Å²) in [5, 5.41) is 8.94. The van der Waals surface area contributed by atoms with Gasteiger partial charge in [-0.15, -0.1) is 0 Å². The number of carbonyl (C=O) groups is 2. The predicted molar refractivity (Wildman–Crippen MR) is 56.5 cm³/mol. The van der Waals surface area contributed by atoms with E-state index >= 15 is 0 Å². The fraction of sp³-hybridized carbons (Fsp3) is 0.333. The number of hydrogen-bond donors (Lipinski definition) is 1. The number of aliphatic carboxylic acids is 1. The molecule has 1 aromatic rings. The van der Waals surface area contributed by atoms with Crippen molar-refractivity contribution in [1.29, 1.82) is 0 Å². The molecule has 0 amide bonds. The van der Waals surface area contributed by atoms with E-state index in [2.05, 4.69) is 0 Å². The summed E-state index contributed by atoms with van der Waals surface area (Å²) in [5.41, 5.74) is 1.72. The summed E-state index contributed by atoms with van der Waals surface area (Å²) in [6.45, 7) is 0. The molecule has 0 saturated carbocycles. The van der Waals surface area contributed by atoms with E-state index in [1.807, 2.05) is 12.1 Å². The first-order valence-corrected chi connectivity index (χ1v) is 5.03. The van der Waals surface area contributed by atoms with E-state index in [-0.39, 0.29) is 18.6 Å². The summed E-state index contributed by atoms with van der Waals surface area (Å²) in [6, 6.07) is 5.44. The number of methoxy groups -OCH3 is 1. The number of hydrogen-bond acceptors (Lipinski definition) is 3. The van der Waals surface area contributed by atoms with Crippen LogP contribution in [0, 0.1) is 5.92 Å². The highest BCUT2D eigenvalue weighted by molar-refractivity contribution is 6.00. The van der Waals surface area contributed by atoms with Gasteiger partial charge in [0.2, 0.25) is 0 Å². The summed E-state index contributed by atoms with van der Waals surface area (Å²) < 4.78 is 5.17. The standard InChI is InChI=1S/C12H12O4/c1-16-11-4-2-3-7-5-10(13)9(12(14)15)6-8(7)11/h2-4,9H,5-6H2,1H3,(H,14,15). The van der Waals surface area contributed by atoms with E-state index in [1.165, 1.54) is 0 Å². The van der Waals surface area contributed by atoms with Crippen molar-refractivity contribution in [2.24, 2.45) is 5.92 Å². The molecule has 0 fully saturated rings. The lowest BCUT2D eigenvalue weighted by atomic mass is 9.82. The molecule has 0 heterocycles. The van der Waals surface area contributed by atoms with E-state index in [4.69, 9.17) is 9.84 Å². The molecule has 0 bridgehead atoms. The number of rotatable bonds is 2. The highest BCUT2D eigenvalue weighted by Gasteiger charge is 2.33. The SMILES string of the molecule is COc1cccc2c1CC(C(=O)O)C(=O)C2. The van der Waals surface area contributed by atoms with Gasteiger partial charge in [0.15, 0.2) is 5.78 Å². The zero-order valence-corrected chi connectivity index (χ0v) is 8.90. The average molecular weight is 220 g/mol. The van der Waals surface area contributed by atoms with Gasteiger partial charge in [-0.2, -0.15) is 0 Å². The molecule has 2 rings (SSSR count). The second-order valence-corrected chi connectivity index (χ2v) is 3.84. The molecule has 1 aliphatic carbocycles. The van der Waals surface area contributed by atoms with Gasteiger partial charge in [0.05, 0.1) is 7.11 Å². The summed E-state index contributed by atoms with van der Waals surface area (Å²) >= 11 is 0. The number of fused-ring (bicyclic) bond motifs is 1. The van der Waals surface area contributed by atoms with Crippen molar-refractivity contribution >= 4 is 11.8 Å². The number of carboxylic acids is 1. The zero-order chi connectivity index (χ0) is 11.7. The van der Waals surface area contributed by atoms with Gasteiger partial charge in [-0.1, -0.05) is 12.1 Å². The van der Waals surface area contributed by atoms with Gasteiger partial charge >= 0.3 is 5.97 Å². The van der Waals surface area contributed by atoms with E-state index in [0.29, 0.717) is 5.75 Å². The van der Waals surface area contributed by atoms with Gasteiger partial charge in [0.25, 0.3) is 0 Å². The molecule has 1 N–H and O–H groups in total. The van der Waals surface area contributed by atoms with Crippen LogP contribution >= 0.6 is 0 Å². The number of Topliss-reactive ketones (excluding diaryl/α,β-unsaturated/α-hetero) is 1. The molecule has 0 aromatic heterocycles. The first kappa shape index (κ1) is 10.7. The smallest absolute Gasteiger partial charge is 0.314 e.